The van der Waals surface area contributed by atoms with Crippen molar-refractivity contribution in [1.29, 1.82) is 0 Å². The van der Waals surface area contributed by atoms with E-state index in [1.165, 1.54) is 6.17 Å². The fourth-order valence-electron chi connectivity index (χ4n) is 0.408. The average Bonchev–Trinajstić information content (AvgIpc) is 1.35. The zero-order valence-corrected chi connectivity index (χ0v) is 5.94. The molecule has 0 amide bonds. The lowest BCUT2D eigenvalue weighted by Gasteiger charge is -1.96. The summed E-state index contributed by atoms with van der Waals surface area (Å²) in [7, 11) is 1.73. The predicted molar refractivity (Wildman–Crippen MR) is 46.3 cm³/mol. The third-order valence-electron chi connectivity index (χ3n) is 0.612. The van der Waals surface area contributed by atoms with Crippen molar-refractivity contribution in [3.8, 4) is 0 Å². The van der Waals surface area contributed by atoms with Gasteiger partial charge in [-0.05, 0) is 13.2 Å². The van der Waals surface area contributed by atoms with Crippen molar-refractivity contribution in [3.63, 3.8) is 0 Å². The molecule has 0 heterocycles. The topological polar surface area (TPSA) is 12.0 Å². The summed E-state index contributed by atoms with van der Waals surface area (Å²) in [5, 5.41) is 3.13. The van der Waals surface area contributed by atoms with Gasteiger partial charge in [-0.25, -0.2) is 0 Å². The fraction of sp³-hybridized carbons (Fsp3) is 1.00. The Balaban J connectivity index is -0.000000125. The van der Waals surface area contributed by atoms with E-state index < -0.39 is 0 Å². The molecule has 0 aromatic carbocycles. The average molecular weight is 135 g/mol. The Morgan fingerprint density at radius 2 is 1.62 bits per heavy atom. The molecule has 0 saturated carbocycles. The van der Waals surface area contributed by atoms with Gasteiger partial charge < -0.3 is 5.32 Å². The van der Waals surface area contributed by atoms with Gasteiger partial charge in [-0.1, -0.05) is 27.9 Å². The van der Waals surface area contributed by atoms with Crippen LogP contribution in [0, 0.1) is 0 Å². The first kappa shape index (κ1) is 15.7. The lowest BCUT2D eigenvalue weighted by Crippen LogP contribution is -2.21. The van der Waals surface area contributed by atoms with Gasteiger partial charge in [-0.15, -0.1) is 0 Å². The molecule has 0 aromatic rings. The second-order valence-electron chi connectivity index (χ2n) is 1.95. The van der Waals surface area contributed by atoms with E-state index in [2.05, 4.69) is 18.4 Å². The van der Waals surface area contributed by atoms with Crippen LogP contribution in [0.15, 0.2) is 0 Å². The maximum absolute atomic E-state index is 3.13. The number of nitrogens with one attached hydrogen (secondary N) is 1. The first-order valence-corrected chi connectivity index (χ1v) is 5.54. The van der Waals surface area contributed by atoms with Crippen LogP contribution in [0.4, 0.5) is 0 Å². The molecule has 0 spiro atoms. The third kappa shape index (κ3) is 16.4. The lowest BCUT2D eigenvalue weighted by atomic mass is 11.2. The Morgan fingerprint density at radius 1 is 1.25 bits per heavy atom. The molecule has 0 atom stereocenters. The van der Waals surface area contributed by atoms with Gasteiger partial charge in [-0.2, -0.15) is 0 Å². The summed E-state index contributed by atoms with van der Waals surface area (Å²) >= 11 is 0. The van der Waals surface area contributed by atoms with Crippen LogP contribution in [0.2, 0.25) is 13.1 Å². The molecule has 0 fully saturated rings. The highest BCUT2D eigenvalue weighted by Gasteiger charge is 1.87. The number of rotatable bonds is 2. The van der Waals surface area contributed by atoms with E-state index in [-0.39, 0.29) is 23.7 Å². The van der Waals surface area contributed by atoms with Gasteiger partial charge in [0, 0.05) is 8.80 Å². The fourth-order valence-corrected chi connectivity index (χ4v) is 1.22. The molecule has 54 valence electrons. The van der Waals surface area contributed by atoms with Crippen molar-refractivity contribution in [2.24, 2.45) is 0 Å². The van der Waals surface area contributed by atoms with Gasteiger partial charge in [0.25, 0.3) is 0 Å². The molecule has 0 rings (SSSR count). The highest BCUT2D eigenvalue weighted by molar-refractivity contribution is 6.55. The summed E-state index contributed by atoms with van der Waals surface area (Å²) in [5.74, 6) is 0. The highest BCUT2D eigenvalue weighted by atomic mass is 28.3. The molecule has 0 radical (unpaired) electrons. The molecule has 0 aromatic heterocycles. The maximum atomic E-state index is 3.13. The smallest absolute Gasteiger partial charge is 0.0466 e. The molecule has 1 N–H and O–H groups in total. The van der Waals surface area contributed by atoms with Crippen molar-refractivity contribution in [1.82, 2.24) is 5.32 Å². The van der Waals surface area contributed by atoms with Crippen molar-refractivity contribution in [3.05, 3.63) is 0 Å². The lowest BCUT2D eigenvalue weighted by molar-refractivity contribution is 0.959. The van der Waals surface area contributed by atoms with Crippen LogP contribution in [-0.4, -0.2) is 22.0 Å². The zero-order chi connectivity index (χ0) is 4.99. The Labute approximate surface area is 56.1 Å². The molecule has 2 heteroatoms. The van der Waals surface area contributed by atoms with Gasteiger partial charge in [0.15, 0.2) is 0 Å². The summed E-state index contributed by atoms with van der Waals surface area (Å²) < 4.78 is 0. The molecule has 1 nitrogen and oxygen atoms in total. The van der Waals surface area contributed by atoms with Crippen LogP contribution in [0.1, 0.15) is 14.9 Å². The minimum Gasteiger partial charge on any atom is -0.323 e. The number of hydrogen-bond acceptors (Lipinski definition) is 1. The molecular weight excluding hydrogens is 114 g/mol. The van der Waals surface area contributed by atoms with Crippen molar-refractivity contribution < 1.29 is 0 Å². The summed E-state index contributed by atoms with van der Waals surface area (Å²) in [4.78, 5) is 0. The Kier molecular flexibility index (Phi) is 20.1. The first-order chi connectivity index (χ1) is 2.77. The van der Waals surface area contributed by atoms with E-state index in [0.717, 1.165) is 0 Å². The maximum Gasteiger partial charge on any atom is 0.0466 e. The Bertz CT molecular complexity index is 29.7. The van der Waals surface area contributed by atoms with E-state index in [1.807, 2.05) is 7.05 Å². The number of hydrogen-bond donors (Lipinski definition) is 1. The zero-order valence-electron chi connectivity index (χ0n) is 4.78. The van der Waals surface area contributed by atoms with E-state index in [1.54, 1.807) is 0 Å². The van der Waals surface area contributed by atoms with Crippen LogP contribution in [0.25, 0.3) is 0 Å². The van der Waals surface area contributed by atoms with Gasteiger partial charge in [0.1, 0.15) is 0 Å². The molecule has 0 aliphatic carbocycles. The normalized spacial score (nSPS) is 7.50. The Morgan fingerprint density at radius 3 is 1.62 bits per heavy atom. The predicted octanol–water partition coefficient (Wildman–Crippen LogP) is 1.50. The molecule has 0 aliphatic rings. The first-order valence-electron chi connectivity index (χ1n) is 2.42. The van der Waals surface area contributed by atoms with Gasteiger partial charge in [0.2, 0.25) is 0 Å². The molecular formula is C6H21NSi. The molecule has 0 saturated heterocycles. The van der Waals surface area contributed by atoms with Crippen molar-refractivity contribution in [2.75, 3.05) is 13.2 Å². The second-order valence-corrected chi connectivity index (χ2v) is 5.15. The SMILES string of the molecule is C.C.CNC[SiH](C)C. The van der Waals surface area contributed by atoms with Gasteiger partial charge >= 0.3 is 0 Å². The third-order valence-corrected chi connectivity index (χ3v) is 1.84. The Hall–Kier alpha value is 0.177. The summed E-state index contributed by atoms with van der Waals surface area (Å²) in [5.41, 5.74) is 0. The van der Waals surface area contributed by atoms with E-state index in [9.17, 15) is 0 Å². The second kappa shape index (κ2) is 10.2. The molecule has 0 unspecified atom stereocenters. The van der Waals surface area contributed by atoms with Crippen LogP contribution in [0.3, 0.4) is 0 Å². The van der Waals surface area contributed by atoms with Crippen LogP contribution >= 0.6 is 0 Å². The standard InChI is InChI=1S/C4H13NSi.2CH4/c1-5-4-6(2)3;;/h5-6H,4H2,1-3H3;2*1H4. The van der Waals surface area contributed by atoms with Gasteiger partial charge in [0.05, 0.1) is 0 Å². The quantitative estimate of drug-likeness (QED) is 0.566. The van der Waals surface area contributed by atoms with Crippen LogP contribution in [0.5, 0.6) is 0 Å². The van der Waals surface area contributed by atoms with E-state index in [4.69, 9.17) is 0 Å². The van der Waals surface area contributed by atoms with Crippen LogP contribution < -0.4 is 5.32 Å². The van der Waals surface area contributed by atoms with Crippen molar-refractivity contribution >= 4 is 8.80 Å². The molecule has 0 aliphatic heterocycles. The highest BCUT2D eigenvalue weighted by Crippen LogP contribution is 1.70. The molecule has 8 heavy (non-hydrogen) atoms. The monoisotopic (exact) mass is 135 g/mol. The van der Waals surface area contributed by atoms with Crippen molar-refractivity contribution in [2.45, 2.75) is 27.9 Å². The largest absolute Gasteiger partial charge is 0.323 e. The van der Waals surface area contributed by atoms with Crippen LogP contribution in [-0.2, 0) is 0 Å². The van der Waals surface area contributed by atoms with E-state index >= 15 is 0 Å². The van der Waals surface area contributed by atoms with Gasteiger partial charge in [-0.3, -0.25) is 0 Å². The summed E-state index contributed by atoms with van der Waals surface area (Å²) in [6, 6.07) is 0. The minimum atomic E-state index is -0.282. The van der Waals surface area contributed by atoms with E-state index in [0.29, 0.717) is 0 Å². The summed E-state index contributed by atoms with van der Waals surface area (Å²) in [6.07, 6.45) is 1.26. The summed E-state index contributed by atoms with van der Waals surface area (Å²) in [6.45, 7) is 4.66. The minimum absolute atomic E-state index is 0. The molecule has 0 bridgehead atoms.